The summed E-state index contributed by atoms with van der Waals surface area (Å²) in [6.07, 6.45) is 7.90. The van der Waals surface area contributed by atoms with E-state index in [-0.39, 0.29) is 5.92 Å². The molecule has 152 valence electrons. The first-order chi connectivity index (χ1) is 13.6. The number of allylic oxidation sites excluding steroid dienone is 2. The molecule has 0 radical (unpaired) electrons. The van der Waals surface area contributed by atoms with Gasteiger partial charge in [0.1, 0.15) is 0 Å². The third-order valence-electron chi connectivity index (χ3n) is 6.33. The number of aromatic nitrogens is 2. The maximum absolute atomic E-state index is 12.7. The molecule has 4 rings (SSSR count). The molecule has 0 spiro atoms. The highest BCUT2D eigenvalue weighted by molar-refractivity contribution is 7.98. The second kappa shape index (κ2) is 8.82. The van der Waals surface area contributed by atoms with Gasteiger partial charge in [-0.3, -0.25) is 14.0 Å². The summed E-state index contributed by atoms with van der Waals surface area (Å²) in [5.74, 6) is 1.44. The smallest absolute Gasteiger partial charge is 0.237 e. The van der Waals surface area contributed by atoms with Crippen LogP contribution >= 0.6 is 11.9 Å². The summed E-state index contributed by atoms with van der Waals surface area (Å²) in [7, 11) is 0. The van der Waals surface area contributed by atoms with E-state index in [4.69, 9.17) is 0 Å². The van der Waals surface area contributed by atoms with Crippen LogP contribution in [0.25, 0.3) is 0 Å². The Hall–Kier alpha value is -1.60. The zero-order valence-corrected chi connectivity index (χ0v) is 17.8. The first kappa shape index (κ1) is 19.7. The molecular formula is C21H31N5OS. The topological polar surface area (TPSA) is 52.6 Å². The number of carbonyl (C=O) groups excluding carboxylic acids is 1. The lowest BCUT2D eigenvalue weighted by atomic mass is 9.84. The van der Waals surface area contributed by atoms with Gasteiger partial charge in [-0.15, -0.1) is 0 Å². The molecule has 1 aromatic heterocycles. The van der Waals surface area contributed by atoms with Crippen LogP contribution in [0.4, 0.5) is 5.95 Å². The number of carbonyl (C=O) groups is 1. The monoisotopic (exact) mass is 401 g/mol. The second-order valence-corrected chi connectivity index (χ2v) is 9.50. The van der Waals surface area contributed by atoms with Crippen LogP contribution < -0.4 is 4.90 Å². The van der Waals surface area contributed by atoms with E-state index < -0.39 is 0 Å². The van der Waals surface area contributed by atoms with Crippen LogP contribution in [-0.4, -0.2) is 69.6 Å². The van der Waals surface area contributed by atoms with Crippen molar-refractivity contribution in [3.05, 3.63) is 29.6 Å². The lowest BCUT2D eigenvalue weighted by molar-refractivity contribution is -0.129. The highest BCUT2D eigenvalue weighted by Crippen LogP contribution is 2.44. The molecule has 1 aliphatic carbocycles. The van der Waals surface area contributed by atoms with E-state index in [0.29, 0.717) is 11.2 Å². The summed E-state index contributed by atoms with van der Waals surface area (Å²) in [4.78, 5) is 26.2. The standard InChI is InChI=1S/C21H31N5OS/c1-16-14-18-19(15-17(16)2)28-26(20(18)27)9-4-3-8-24-10-12-25(13-11-24)21-22-6-5-7-23-21/h5-7,18-19H,3-4,8-15H2,1-2H3. The molecular weight excluding hydrogens is 370 g/mol. The van der Waals surface area contributed by atoms with Crippen LogP contribution in [0, 0.1) is 5.92 Å². The fourth-order valence-electron chi connectivity index (χ4n) is 4.39. The van der Waals surface area contributed by atoms with Gasteiger partial charge in [0.15, 0.2) is 0 Å². The van der Waals surface area contributed by atoms with Crippen molar-refractivity contribution in [2.24, 2.45) is 5.92 Å². The summed E-state index contributed by atoms with van der Waals surface area (Å²) in [6, 6.07) is 1.86. The zero-order valence-electron chi connectivity index (χ0n) is 17.0. The van der Waals surface area contributed by atoms with E-state index in [1.54, 1.807) is 12.4 Å². The Morgan fingerprint density at radius 2 is 1.68 bits per heavy atom. The quantitative estimate of drug-likeness (QED) is 0.415. The summed E-state index contributed by atoms with van der Waals surface area (Å²) in [6.45, 7) is 10.5. The van der Waals surface area contributed by atoms with Gasteiger partial charge in [-0.05, 0) is 64.1 Å². The van der Waals surface area contributed by atoms with Gasteiger partial charge in [0.25, 0.3) is 0 Å². The van der Waals surface area contributed by atoms with E-state index in [2.05, 4.69) is 37.9 Å². The van der Waals surface area contributed by atoms with Gasteiger partial charge in [-0.2, -0.15) is 0 Å². The molecule has 0 saturated carbocycles. The fraction of sp³-hybridized carbons (Fsp3) is 0.667. The van der Waals surface area contributed by atoms with Crippen LogP contribution in [0.3, 0.4) is 0 Å². The molecule has 2 aliphatic heterocycles. The van der Waals surface area contributed by atoms with E-state index in [0.717, 1.165) is 70.9 Å². The first-order valence-electron chi connectivity index (χ1n) is 10.5. The number of nitrogens with zero attached hydrogens (tertiary/aromatic N) is 5. The number of hydrogen-bond donors (Lipinski definition) is 0. The van der Waals surface area contributed by atoms with Gasteiger partial charge in [0, 0.05) is 50.4 Å². The minimum Gasteiger partial charge on any atom is -0.338 e. The molecule has 6 nitrogen and oxygen atoms in total. The summed E-state index contributed by atoms with van der Waals surface area (Å²) >= 11 is 1.81. The average Bonchev–Trinajstić information content (AvgIpc) is 3.02. The molecule has 0 bridgehead atoms. The molecule has 0 aromatic carbocycles. The molecule has 2 saturated heterocycles. The van der Waals surface area contributed by atoms with Crippen LogP contribution in [0.5, 0.6) is 0 Å². The Kier molecular flexibility index (Phi) is 6.21. The van der Waals surface area contributed by atoms with Crippen molar-refractivity contribution in [3.8, 4) is 0 Å². The second-order valence-electron chi connectivity index (χ2n) is 8.24. The maximum atomic E-state index is 12.7. The Labute approximate surface area is 172 Å². The lowest BCUT2D eigenvalue weighted by Gasteiger charge is -2.34. The van der Waals surface area contributed by atoms with Crippen molar-refractivity contribution in [2.75, 3.05) is 44.2 Å². The van der Waals surface area contributed by atoms with E-state index in [1.165, 1.54) is 11.1 Å². The predicted molar refractivity (Wildman–Crippen MR) is 114 cm³/mol. The van der Waals surface area contributed by atoms with Crippen molar-refractivity contribution in [1.82, 2.24) is 19.2 Å². The van der Waals surface area contributed by atoms with Gasteiger partial charge in [0.05, 0.1) is 5.92 Å². The van der Waals surface area contributed by atoms with Crippen LogP contribution in [0.1, 0.15) is 39.5 Å². The minimum absolute atomic E-state index is 0.224. The largest absolute Gasteiger partial charge is 0.338 e. The van der Waals surface area contributed by atoms with Crippen molar-refractivity contribution in [3.63, 3.8) is 0 Å². The molecule has 3 aliphatic rings. The fourth-order valence-corrected chi connectivity index (χ4v) is 5.88. The van der Waals surface area contributed by atoms with Gasteiger partial charge < -0.3 is 4.90 Å². The summed E-state index contributed by atoms with van der Waals surface area (Å²) in [5.41, 5.74) is 2.92. The van der Waals surface area contributed by atoms with Crippen LogP contribution in [-0.2, 0) is 4.79 Å². The number of rotatable bonds is 6. The van der Waals surface area contributed by atoms with Gasteiger partial charge in [-0.1, -0.05) is 11.1 Å². The molecule has 7 heteroatoms. The number of anilines is 1. The molecule has 0 N–H and O–H groups in total. The number of amides is 1. The molecule has 3 heterocycles. The van der Waals surface area contributed by atoms with Crippen molar-refractivity contribution < 1.29 is 4.79 Å². The average molecular weight is 402 g/mol. The Bertz CT molecular complexity index is 717. The third kappa shape index (κ3) is 4.35. The highest BCUT2D eigenvalue weighted by atomic mass is 32.2. The summed E-state index contributed by atoms with van der Waals surface area (Å²) in [5, 5.41) is 0.476. The Morgan fingerprint density at radius 3 is 2.43 bits per heavy atom. The molecule has 28 heavy (non-hydrogen) atoms. The zero-order chi connectivity index (χ0) is 19.5. The molecule has 1 aromatic rings. The number of unbranched alkanes of at least 4 members (excludes halogenated alkanes) is 1. The number of piperazine rings is 1. The molecule has 1 amide bonds. The van der Waals surface area contributed by atoms with E-state index in [9.17, 15) is 4.79 Å². The molecule has 2 fully saturated rings. The van der Waals surface area contributed by atoms with Gasteiger partial charge in [-0.25, -0.2) is 9.97 Å². The van der Waals surface area contributed by atoms with Gasteiger partial charge >= 0.3 is 0 Å². The lowest BCUT2D eigenvalue weighted by Crippen LogP contribution is -2.47. The van der Waals surface area contributed by atoms with Crippen molar-refractivity contribution in [2.45, 2.75) is 44.8 Å². The van der Waals surface area contributed by atoms with Crippen molar-refractivity contribution in [1.29, 1.82) is 0 Å². The highest BCUT2D eigenvalue weighted by Gasteiger charge is 2.43. The van der Waals surface area contributed by atoms with Crippen LogP contribution in [0.15, 0.2) is 29.6 Å². The minimum atomic E-state index is 0.224. The molecule has 2 atom stereocenters. The van der Waals surface area contributed by atoms with Crippen molar-refractivity contribution >= 4 is 23.8 Å². The van der Waals surface area contributed by atoms with E-state index >= 15 is 0 Å². The predicted octanol–water partition coefficient (Wildman–Crippen LogP) is 2.98. The maximum Gasteiger partial charge on any atom is 0.237 e. The van der Waals surface area contributed by atoms with Gasteiger partial charge in [0.2, 0.25) is 11.9 Å². The Morgan fingerprint density at radius 1 is 1.00 bits per heavy atom. The van der Waals surface area contributed by atoms with Crippen LogP contribution in [0.2, 0.25) is 0 Å². The first-order valence-corrected chi connectivity index (χ1v) is 11.3. The normalized spacial score (nSPS) is 26.1. The molecule has 2 unspecified atom stereocenters. The third-order valence-corrected chi connectivity index (χ3v) is 7.71. The Balaban J connectivity index is 1.15. The number of fused-ring (bicyclic) bond motifs is 1. The summed E-state index contributed by atoms with van der Waals surface area (Å²) < 4.78 is 2.06. The number of hydrogen-bond acceptors (Lipinski definition) is 6. The SMILES string of the molecule is CC1=C(C)CC2C(=O)N(CCCCN3CCN(c4ncccn4)CC3)SC2C1. The van der Waals surface area contributed by atoms with E-state index in [1.807, 2.05) is 18.0 Å².